The van der Waals surface area contributed by atoms with E-state index >= 15 is 0 Å². The van der Waals surface area contributed by atoms with Gasteiger partial charge in [0.2, 0.25) is 0 Å². The van der Waals surface area contributed by atoms with Gasteiger partial charge in [-0.25, -0.2) is 4.98 Å². The average Bonchev–Trinajstić information content (AvgIpc) is 2.64. The standard InChI is InChI=1S/C21H16N2O3/c1-4-10-25-17-7-5-6-14-16(24)12-19-21(20(14)17)22-15-9-8-13(23(2)3)11-18(15)26-19/h1,5-9,11-12H,10H2,2-3H3. The maximum absolute atomic E-state index is 12.5. The van der Waals surface area contributed by atoms with Crippen LogP contribution in [0.4, 0.5) is 5.69 Å². The smallest absolute Gasteiger partial charge is 0.190 e. The first-order chi connectivity index (χ1) is 12.6. The lowest BCUT2D eigenvalue weighted by atomic mass is 10.0. The van der Waals surface area contributed by atoms with Gasteiger partial charge in [-0.1, -0.05) is 18.1 Å². The fraction of sp³-hybridized carbons (Fsp3) is 0.143. The van der Waals surface area contributed by atoms with E-state index in [-0.39, 0.29) is 12.0 Å². The highest BCUT2D eigenvalue weighted by Gasteiger charge is 2.19. The predicted molar refractivity (Wildman–Crippen MR) is 103 cm³/mol. The van der Waals surface area contributed by atoms with Gasteiger partial charge in [-0.3, -0.25) is 4.79 Å². The number of terminal acetylenes is 1. The molecule has 0 amide bonds. The van der Waals surface area contributed by atoms with Gasteiger partial charge in [0.15, 0.2) is 16.8 Å². The first-order valence-electron chi connectivity index (χ1n) is 8.12. The molecule has 4 rings (SSSR count). The largest absolute Gasteiger partial charge is 0.480 e. The highest BCUT2D eigenvalue weighted by Crippen LogP contribution is 2.36. The van der Waals surface area contributed by atoms with E-state index in [2.05, 4.69) is 5.92 Å². The van der Waals surface area contributed by atoms with Crippen LogP contribution >= 0.6 is 0 Å². The molecule has 0 fully saturated rings. The van der Waals surface area contributed by atoms with Crippen molar-refractivity contribution in [1.82, 2.24) is 4.98 Å². The summed E-state index contributed by atoms with van der Waals surface area (Å²) in [5.74, 6) is 3.38. The molecule has 0 atom stereocenters. The Hall–Kier alpha value is -3.52. The van der Waals surface area contributed by atoms with E-state index < -0.39 is 0 Å². The molecule has 0 spiro atoms. The van der Waals surface area contributed by atoms with Crippen molar-refractivity contribution in [1.29, 1.82) is 0 Å². The Morgan fingerprint density at radius 2 is 2.08 bits per heavy atom. The molecule has 0 radical (unpaired) electrons. The molecule has 0 saturated heterocycles. The van der Waals surface area contributed by atoms with Crippen molar-refractivity contribution in [2.75, 3.05) is 25.6 Å². The van der Waals surface area contributed by atoms with E-state index in [1.54, 1.807) is 18.2 Å². The number of ether oxygens (including phenoxy) is 1. The van der Waals surface area contributed by atoms with Crippen LogP contribution < -0.4 is 15.1 Å². The first kappa shape index (κ1) is 16.0. The molecule has 2 aliphatic rings. The van der Waals surface area contributed by atoms with E-state index in [0.717, 1.165) is 5.69 Å². The third kappa shape index (κ3) is 2.52. The van der Waals surface area contributed by atoms with Crippen LogP contribution in [0.15, 0.2) is 51.7 Å². The zero-order valence-corrected chi connectivity index (χ0v) is 14.4. The fourth-order valence-electron chi connectivity index (χ4n) is 2.99. The van der Waals surface area contributed by atoms with Gasteiger partial charge >= 0.3 is 0 Å². The van der Waals surface area contributed by atoms with Gasteiger partial charge in [-0.15, -0.1) is 6.42 Å². The maximum Gasteiger partial charge on any atom is 0.190 e. The summed E-state index contributed by atoms with van der Waals surface area (Å²) in [6.45, 7) is 0.112. The first-order valence-corrected chi connectivity index (χ1v) is 8.12. The van der Waals surface area contributed by atoms with E-state index in [0.29, 0.717) is 39.1 Å². The summed E-state index contributed by atoms with van der Waals surface area (Å²) in [7, 11) is 3.90. The van der Waals surface area contributed by atoms with Crippen LogP contribution in [0.25, 0.3) is 33.3 Å². The van der Waals surface area contributed by atoms with Gasteiger partial charge in [0.25, 0.3) is 0 Å². The van der Waals surface area contributed by atoms with Gasteiger partial charge < -0.3 is 14.1 Å². The fourth-order valence-corrected chi connectivity index (χ4v) is 2.99. The maximum atomic E-state index is 12.5. The summed E-state index contributed by atoms with van der Waals surface area (Å²) < 4.78 is 11.6. The monoisotopic (exact) mass is 344 g/mol. The third-order valence-electron chi connectivity index (χ3n) is 4.25. The second-order valence-electron chi connectivity index (χ2n) is 6.15. The minimum Gasteiger partial charge on any atom is -0.480 e. The topological polar surface area (TPSA) is 55.6 Å². The van der Waals surface area contributed by atoms with Gasteiger partial charge in [0, 0.05) is 37.3 Å². The molecule has 0 saturated carbocycles. The summed E-state index contributed by atoms with van der Waals surface area (Å²) in [4.78, 5) is 19.2. The van der Waals surface area contributed by atoms with Crippen molar-refractivity contribution < 1.29 is 9.15 Å². The van der Waals surface area contributed by atoms with E-state index in [1.807, 2.05) is 37.2 Å². The Morgan fingerprint density at radius 3 is 2.85 bits per heavy atom. The highest BCUT2D eigenvalue weighted by atomic mass is 16.5. The van der Waals surface area contributed by atoms with Crippen LogP contribution in [0.3, 0.4) is 0 Å². The lowest BCUT2D eigenvalue weighted by molar-refractivity contribution is 0.375. The van der Waals surface area contributed by atoms with Gasteiger partial charge in [0.1, 0.15) is 23.6 Å². The average molecular weight is 344 g/mol. The third-order valence-corrected chi connectivity index (χ3v) is 4.25. The molecule has 0 aromatic heterocycles. The molecule has 0 N–H and O–H groups in total. The summed E-state index contributed by atoms with van der Waals surface area (Å²) in [5.41, 5.74) is 2.74. The van der Waals surface area contributed by atoms with Crippen molar-refractivity contribution in [3.63, 3.8) is 0 Å². The normalized spacial score (nSPS) is 11.0. The molecular formula is C21H16N2O3. The summed E-state index contributed by atoms with van der Waals surface area (Å²) >= 11 is 0. The van der Waals surface area contributed by atoms with Crippen LogP contribution in [0.2, 0.25) is 0 Å². The van der Waals surface area contributed by atoms with E-state index in [4.69, 9.17) is 20.6 Å². The van der Waals surface area contributed by atoms with E-state index in [9.17, 15) is 4.79 Å². The van der Waals surface area contributed by atoms with Gasteiger partial charge in [0.05, 0.1) is 5.39 Å². The Labute approximate surface area is 150 Å². The number of hydrogen-bond acceptors (Lipinski definition) is 5. The summed E-state index contributed by atoms with van der Waals surface area (Å²) in [6, 6.07) is 12.5. The molecule has 128 valence electrons. The number of benzene rings is 3. The molecular weight excluding hydrogens is 328 g/mol. The van der Waals surface area contributed by atoms with Crippen molar-refractivity contribution in [2.45, 2.75) is 0 Å². The molecule has 2 aromatic carbocycles. The number of rotatable bonds is 3. The van der Waals surface area contributed by atoms with Crippen molar-refractivity contribution >= 4 is 27.6 Å². The highest BCUT2D eigenvalue weighted by molar-refractivity contribution is 6.00. The Bertz CT molecular complexity index is 1200. The van der Waals surface area contributed by atoms with Crippen LogP contribution in [-0.2, 0) is 0 Å². The minimum atomic E-state index is -0.146. The number of aromatic nitrogens is 1. The molecule has 1 aliphatic heterocycles. The van der Waals surface area contributed by atoms with Crippen molar-refractivity contribution in [2.24, 2.45) is 0 Å². The number of nitrogens with zero attached hydrogens (tertiary/aromatic N) is 2. The number of anilines is 1. The van der Waals surface area contributed by atoms with E-state index in [1.165, 1.54) is 6.07 Å². The molecule has 26 heavy (non-hydrogen) atoms. The lowest BCUT2D eigenvalue weighted by Gasteiger charge is -2.15. The number of fused-ring (bicyclic) bond motifs is 4. The second kappa shape index (κ2) is 6.08. The second-order valence-corrected chi connectivity index (χ2v) is 6.15. The Morgan fingerprint density at radius 1 is 1.23 bits per heavy atom. The van der Waals surface area contributed by atoms with Crippen molar-refractivity contribution in [3.05, 3.63) is 52.7 Å². The molecule has 1 aliphatic carbocycles. The molecule has 0 bridgehead atoms. The zero-order valence-electron chi connectivity index (χ0n) is 14.4. The molecule has 1 heterocycles. The Balaban J connectivity index is 2.08. The van der Waals surface area contributed by atoms with Gasteiger partial charge in [-0.05, 0) is 18.2 Å². The predicted octanol–water partition coefficient (Wildman–Crippen LogP) is 3.52. The lowest BCUT2D eigenvalue weighted by Crippen LogP contribution is -2.08. The summed E-state index contributed by atoms with van der Waals surface area (Å²) in [5, 5.41) is 1.14. The van der Waals surface area contributed by atoms with Crippen LogP contribution in [0, 0.1) is 12.3 Å². The molecule has 5 heteroatoms. The van der Waals surface area contributed by atoms with Crippen LogP contribution in [0.1, 0.15) is 0 Å². The number of hydrogen-bond donors (Lipinski definition) is 0. The molecule has 0 unspecified atom stereocenters. The van der Waals surface area contributed by atoms with Crippen molar-refractivity contribution in [3.8, 4) is 29.5 Å². The SMILES string of the molecule is C#CCOc1cccc2c(=O)cc3oc4cc(N(C)C)ccc4nc-3c12. The molecule has 2 aromatic rings. The summed E-state index contributed by atoms with van der Waals surface area (Å²) in [6.07, 6.45) is 5.30. The van der Waals surface area contributed by atoms with Gasteiger partial charge in [-0.2, -0.15) is 0 Å². The Kier molecular flexibility index (Phi) is 3.74. The zero-order chi connectivity index (χ0) is 18.3. The van der Waals surface area contributed by atoms with Crippen LogP contribution in [0.5, 0.6) is 5.75 Å². The van der Waals surface area contributed by atoms with Crippen LogP contribution in [-0.4, -0.2) is 25.7 Å². The molecule has 5 nitrogen and oxygen atoms in total. The quantitative estimate of drug-likeness (QED) is 0.323. The minimum absolute atomic E-state index is 0.112.